The van der Waals surface area contributed by atoms with Gasteiger partial charge in [-0.1, -0.05) is 0 Å². The fourth-order valence-corrected chi connectivity index (χ4v) is 8.41. The van der Waals surface area contributed by atoms with E-state index < -0.39 is 152 Å². The van der Waals surface area contributed by atoms with E-state index in [1.807, 2.05) is 0 Å². The Kier molecular flexibility index (Phi) is 11.7. The number of halogens is 12. The molecule has 0 heterocycles. The van der Waals surface area contributed by atoms with Gasteiger partial charge in [0.2, 0.25) is 0 Å². The minimum atomic E-state index is -6.39. The predicted molar refractivity (Wildman–Crippen MR) is 124 cm³/mol. The second kappa shape index (κ2) is 14.3. The topological polar surface area (TPSA) is 36.9 Å². The summed E-state index contributed by atoms with van der Waals surface area (Å²) in [5.41, 5.74) is -7.36. The Hall–Kier alpha value is -2.46. The van der Waals surface area contributed by atoms with Crippen molar-refractivity contribution in [3.05, 3.63) is 103 Å². The summed E-state index contributed by atoms with van der Waals surface area (Å²) in [7, 11) is 0. The van der Waals surface area contributed by atoms with E-state index in [1.54, 1.807) is 0 Å². The Morgan fingerprint density at radius 3 is 0.818 bits per heavy atom. The number of benzene rings is 3. The van der Waals surface area contributed by atoms with Crippen molar-refractivity contribution in [2.24, 2.45) is 0 Å². The standard InChI is InChI=1S/3C8H5F4O.C3H7O.Zr/c3*1-3-5(9)7(11)4(2-13)8(12)6(3)10;1-2-3-4;/h3*2H2,1H3;2-3H2,1H3;/q4*-1;+4. The molecule has 0 fully saturated rings. The monoisotopic (exact) mass is 728 g/mol. The zero-order chi connectivity index (χ0) is 33.3. The first-order chi connectivity index (χ1) is 20.5. The maximum atomic E-state index is 14.6. The van der Waals surface area contributed by atoms with E-state index in [0.29, 0.717) is 20.8 Å². The minimum absolute atomic E-state index is 0.0538. The second-order valence-electron chi connectivity index (χ2n) is 9.29. The van der Waals surface area contributed by atoms with Crippen LogP contribution in [0.25, 0.3) is 0 Å². The summed E-state index contributed by atoms with van der Waals surface area (Å²) in [5, 5.41) is 0. The van der Waals surface area contributed by atoms with Crippen molar-refractivity contribution in [2.75, 3.05) is 6.61 Å². The van der Waals surface area contributed by atoms with E-state index in [4.69, 9.17) is 11.3 Å². The van der Waals surface area contributed by atoms with Gasteiger partial charge in [0.1, 0.15) is 0 Å². The molecule has 3 aromatic rings. The Balaban J connectivity index is 2.12. The molecule has 0 saturated carbocycles. The zero-order valence-corrected chi connectivity index (χ0v) is 25.7. The summed E-state index contributed by atoms with van der Waals surface area (Å²) < 4.78 is 194. The Morgan fingerprint density at radius 1 is 0.386 bits per heavy atom. The van der Waals surface area contributed by atoms with Crippen LogP contribution in [0.1, 0.15) is 46.7 Å². The fraction of sp³-hybridized carbons (Fsp3) is 0.333. The average molecular weight is 730 g/mol. The molecule has 17 heteroatoms. The van der Waals surface area contributed by atoms with Crippen LogP contribution in [0.2, 0.25) is 0 Å². The molecule has 4 nitrogen and oxygen atoms in total. The molecule has 0 unspecified atom stereocenters. The average Bonchev–Trinajstić information content (AvgIpc) is 3.01. The summed E-state index contributed by atoms with van der Waals surface area (Å²) in [5.74, 6) is -22.7. The molecule has 0 atom stereocenters. The van der Waals surface area contributed by atoms with Gasteiger partial charge in [0, 0.05) is 0 Å². The summed E-state index contributed by atoms with van der Waals surface area (Å²) in [6, 6.07) is 0. The molecule has 44 heavy (non-hydrogen) atoms. The van der Waals surface area contributed by atoms with Gasteiger partial charge in [-0.05, 0) is 0 Å². The number of hydrogen-bond acceptors (Lipinski definition) is 4. The van der Waals surface area contributed by atoms with E-state index in [9.17, 15) is 52.7 Å². The van der Waals surface area contributed by atoms with Crippen molar-refractivity contribution in [1.29, 1.82) is 0 Å². The SMILES string of the molecule is CCC[O][Zr]([O]Cc1c(F)c(F)c(C)c(F)c1F)([O]Cc1c(F)c(F)c(C)c(F)c1F)[O]Cc1c(F)c(F)c(C)c(F)c1F. The van der Waals surface area contributed by atoms with Crippen molar-refractivity contribution >= 4 is 0 Å². The van der Waals surface area contributed by atoms with Crippen LogP contribution >= 0.6 is 0 Å². The van der Waals surface area contributed by atoms with Crippen LogP contribution in [-0.2, 0) is 53.1 Å². The molecule has 0 N–H and O–H groups in total. The zero-order valence-electron chi connectivity index (χ0n) is 23.2. The van der Waals surface area contributed by atoms with Gasteiger partial charge in [0.15, 0.2) is 0 Å². The molecular weight excluding hydrogens is 707 g/mol. The first-order valence-corrected chi connectivity index (χ1v) is 16.5. The van der Waals surface area contributed by atoms with Gasteiger partial charge in [-0.3, -0.25) is 0 Å². The molecule has 0 spiro atoms. The third-order valence-corrected chi connectivity index (χ3v) is 11.4. The van der Waals surface area contributed by atoms with Crippen molar-refractivity contribution < 1.29 is 86.0 Å². The summed E-state index contributed by atoms with van der Waals surface area (Å²) in [6.07, 6.45) is 0.0538. The molecule has 0 saturated heterocycles. The van der Waals surface area contributed by atoms with Gasteiger partial charge in [-0.2, -0.15) is 0 Å². The summed E-state index contributed by atoms with van der Waals surface area (Å²) in [4.78, 5) is 0. The van der Waals surface area contributed by atoms with Crippen LogP contribution in [0.3, 0.4) is 0 Å². The molecule has 3 rings (SSSR count). The van der Waals surface area contributed by atoms with E-state index >= 15 is 0 Å². The quantitative estimate of drug-likeness (QED) is 0.139. The summed E-state index contributed by atoms with van der Waals surface area (Å²) in [6.45, 7) is -1.33. The van der Waals surface area contributed by atoms with Gasteiger partial charge in [0.25, 0.3) is 0 Å². The Morgan fingerprint density at radius 2 is 0.614 bits per heavy atom. The Bertz CT molecular complexity index is 1320. The predicted octanol–water partition coefficient (Wildman–Crippen LogP) is 8.47. The van der Waals surface area contributed by atoms with Crippen molar-refractivity contribution in [3.63, 3.8) is 0 Å². The number of rotatable bonds is 12. The molecule has 0 aliphatic rings. The van der Waals surface area contributed by atoms with Crippen LogP contribution in [0.4, 0.5) is 52.7 Å². The van der Waals surface area contributed by atoms with Gasteiger partial charge in [0.05, 0.1) is 0 Å². The fourth-order valence-electron chi connectivity index (χ4n) is 3.70. The van der Waals surface area contributed by atoms with E-state index in [1.165, 1.54) is 6.92 Å². The van der Waals surface area contributed by atoms with Crippen LogP contribution in [0, 0.1) is 90.6 Å². The van der Waals surface area contributed by atoms with Gasteiger partial charge in [-0.15, -0.1) is 0 Å². The van der Waals surface area contributed by atoms with Crippen LogP contribution in [-0.4, -0.2) is 6.61 Å². The van der Waals surface area contributed by atoms with Crippen molar-refractivity contribution in [2.45, 2.75) is 53.9 Å². The molecule has 0 radical (unpaired) electrons. The molecule has 0 bridgehead atoms. The van der Waals surface area contributed by atoms with Crippen LogP contribution in [0.15, 0.2) is 0 Å². The van der Waals surface area contributed by atoms with Gasteiger partial charge >= 0.3 is 250 Å². The van der Waals surface area contributed by atoms with Crippen LogP contribution < -0.4 is 0 Å². The van der Waals surface area contributed by atoms with Crippen molar-refractivity contribution in [3.8, 4) is 0 Å². The van der Waals surface area contributed by atoms with E-state index in [2.05, 4.69) is 0 Å². The maximum absolute atomic E-state index is 14.6. The molecule has 0 aliphatic carbocycles. The van der Waals surface area contributed by atoms with E-state index in [-0.39, 0.29) is 6.42 Å². The van der Waals surface area contributed by atoms with Gasteiger partial charge < -0.3 is 0 Å². The molecule has 3 aromatic carbocycles. The third kappa shape index (κ3) is 6.86. The normalized spacial score (nSPS) is 12.0. The molecule has 242 valence electrons. The van der Waals surface area contributed by atoms with Gasteiger partial charge in [-0.25, -0.2) is 0 Å². The molecular formula is C27H22F12O4Zr. The first kappa shape index (κ1) is 36.0. The van der Waals surface area contributed by atoms with Crippen molar-refractivity contribution in [1.82, 2.24) is 0 Å². The number of hydrogen-bond donors (Lipinski definition) is 0. The summed E-state index contributed by atoms with van der Waals surface area (Å²) >= 11 is -6.39. The Labute approximate surface area is 249 Å². The van der Waals surface area contributed by atoms with E-state index in [0.717, 1.165) is 0 Å². The first-order valence-electron chi connectivity index (χ1n) is 12.5. The molecule has 0 amide bonds. The third-order valence-electron chi connectivity index (χ3n) is 6.38. The molecule has 0 aliphatic heterocycles. The second-order valence-corrected chi connectivity index (χ2v) is 14.6. The molecule has 0 aromatic heterocycles. The van der Waals surface area contributed by atoms with Crippen LogP contribution in [0.5, 0.6) is 0 Å².